The van der Waals surface area contributed by atoms with Gasteiger partial charge >= 0.3 is 0 Å². The first kappa shape index (κ1) is 21.4. The van der Waals surface area contributed by atoms with Crippen molar-refractivity contribution in [3.8, 4) is 0 Å². The summed E-state index contributed by atoms with van der Waals surface area (Å²) in [5.41, 5.74) is 1.10. The number of amides is 1. The molecule has 0 aliphatic carbocycles. The van der Waals surface area contributed by atoms with Crippen LogP contribution in [0, 0.1) is 0 Å². The van der Waals surface area contributed by atoms with Gasteiger partial charge < -0.3 is 20.3 Å². The molecule has 7 heteroatoms. The van der Waals surface area contributed by atoms with Gasteiger partial charge in [0.15, 0.2) is 5.96 Å². The van der Waals surface area contributed by atoms with Crippen LogP contribution in [0.25, 0.3) is 0 Å². The molecule has 25 heavy (non-hydrogen) atoms. The van der Waals surface area contributed by atoms with Gasteiger partial charge in [0.1, 0.15) is 0 Å². The highest BCUT2D eigenvalue weighted by molar-refractivity contribution is 9.10. The largest absolute Gasteiger partial charge is 0.385 e. The number of nitrogens with zero attached hydrogens (tertiary/aromatic N) is 2. The number of methoxy groups -OCH3 is 1. The second-order valence-electron chi connectivity index (χ2n) is 5.62. The number of aliphatic imine (C=N–C) groups is 1. The van der Waals surface area contributed by atoms with Crippen LogP contribution >= 0.6 is 15.9 Å². The number of guanidine groups is 1. The van der Waals surface area contributed by atoms with Crippen molar-refractivity contribution in [3.05, 3.63) is 34.3 Å². The lowest BCUT2D eigenvalue weighted by atomic mass is 10.2. The molecular formula is C18H29BrN4O2. The smallest absolute Gasteiger partial charge is 0.224 e. The molecule has 0 fully saturated rings. The van der Waals surface area contributed by atoms with Crippen LogP contribution in [0.4, 0.5) is 0 Å². The van der Waals surface area contributed by atoms with E-state index in [1.165, 1.54) is 0 Å². The molecule has 0 bridgehead atoms. The Balaban J connectivity index is 2.39. The Labute approximate surface area is 159 Å². The molecule has 140 valence electrons. The molecule has 0 unspecified atom stereocenters. The number of nitrogens with one attached hydrogen (secondary N) is 2. The molecule has 2 N–H and O–H groups in total. The van der Waals surface area contributed by atoms with E-state index in [9.17, 15) is 4.79 Å². The van der Waals surface area contributed by atoms with Crippen LogP contribution in [0.3, 0.4) is 0 Å². The maximum Gasteiger partial charge on any atom is 0.224 e. The van der Waals surface area contributed by atoms with Crippen LogP contribution in [-0.2, 0) is 16.1 Å². The molecule has 1 amide bonds. The van der Waals surface area contributed by atoms with E-state index in [1.807, 2.05) is 38.2 Å². The molecule has 0 radical (unpaired) electrons. The summed E-state index contributed by atoms with van der Waals surface area (Å²) < 4.78 is 6.04. The first-order chi connectivity index (χ1) is 12.1. The van der Waals surface area contributed by atoms with E-state index in [2.05, 4.69) is 31.6 Å². The first-order valence-electron chi connectivity index (χ1n) is 8.57. The predicted molar refractivity (Wildman–Crippen MR) is 106 cm³/mol. The number of carbonyl (C=O) groups is 1. The van der Waals surface area contributed by atoms with Crippen molar-refractivity contribution in [1.29, 1.82) is 0 Å². The quantitative estimate of drug-likeness (QED) is 0.351. The molecule has 0 heterocycles. The molecule has 0 atom stereocenters. The molecular weight excluding hydrogens is 384 g/mol. The van der Waals surface area contributed by atoms with Gasteiger partial charge in [-0.3, -0.25) is 9.79 Å². The third-order valence-corrected chi connectivity index (χ3v) is 4.32. The Morgan fingerprint density at radius 2 is 2.08 bits per heavy atom. The molecule has 1 aromatic rings. The minimum absolute atomic E-state index is 0.0958. The summed E-state index contributed by atoms with van der Waals surface area (Å²) >= 11 is 3.51. The van der Waals surface area contributed by atoms with Gasteiger partial charge in [-0.25, -0.2) is 0 Å². The highest BCUT2D eigenvalue weighted by Crippen LogP contribution is 2.17. The van der Waals surface area contributed by atoms with Gasteiger partial charge in [-0.05, 0) is 25.0 Å². The lowest BCUT2D eigenvalue weighted by molar-refractivity contribution is -0.130. The number of hydrogen-bond donors (Lipinski definition) is 2. The van der Waals surface area contributed by atoms with Crippen molar-refractivity contribution in [2.24, 2.45) is 4.99 Å². The van der Waals surface area contributed by atoms with E-state index in [4.69, 9.17) is 4.74 Å². The Bertz CT molecular complexity index is 552. The molecule has 1 aromatic carbocycles. The number of halogens is 1. The van der Waals surface area contributed by atoms with Gasteiger partial charge in [-0.15, -0.1) is 0 Å². The minimum Gasteiger partial charge on any atom is -0.385 e. The van der Waals surface area contributed by atoms with Crippen molar-refractivity contribution in [2.45, 2.75) is 26.3 Å². The van der Waals surface area contributed by atoms with Gasteiger partial charge in [-0.1, -0.05) is 34.1 Å². The average Bonchev–Trinajstić information content (AvgIpc) is 2.60. The third-order valence-electron chi connectivity index (χ3n) is 3.54. The summed E-state index contributed by atoms with van der Waals surface area (Å²) in [6.07, 6.45) is 1.30. The summed E-state index contributed by atoms with van der Waals surface area (Å²) in [6.45, 7) is 5.33. The molecule has 1 rings (SSSR count). The highest BCUT2D eigenvalue weighted by Gasteiger charge is 2.10. The van der Waals surface area contributed by atoms with E-state index in [-0.39, 0.29) is 5.91 Å². The number of benzene rings is 1. The summed E-state index contributed by atoms with van der Waals surface area (Å²) in [5.74, 6) is 0.832. The van der Waals surface area contributed by atoms with Crippen molar-refractivity contribution in [2.75, 3.05) is 40.4 Å². The zero-order valence-electron chi connectivity index (χ0n) is 15.3. The van der Waals surface area contributed by atoms with Crippen molar-refractivity contribution < 1.29 is 9.53 Å². The third kappa shape index (κ3) is 8.88. The average molecular weight is 413 g/mol. The minimum atomic E-state index is 0.0958. The van der Waals surface area contributed by atoms with E-state index < -0.39 is 0 Å². The van der Waals surface area contributed by atoms with Gasteiger partial charge in [0.25, 0.3) is 0 Å². The van der Waals surface area contributed by atoms with Crippen molar-refractivity contribution in [3.63, 3.8) is 0 Å². The van der Waals surface area contributed by atoms with Gasteiger partial charge in [0.05, 0.1) is 0 Å². The number of ether oxygens (including phenoxy) is 1. The summed E-state index contributed by atoms with van der Waals surface area (Å²) in [4.78, 5) is 18.5. The highest BCUT2D eigenvalue weighted by atomic mass is 79.9. The molecule has 6 nitrogen and oxygen atoms in total. The topological polar surface area (TPSA) is 66.0 Å². The lowest BCUT2D eigenvalue weighted by Crippen LogP contribution is -2.39. The SMILES string of the molecule is CCNC(=NCCCOC)NCCC(=O)N(C)Cc1ccccc1Br. The van der Waals surface area contributed by atoms with Gasteiger partial charge in [0, 0.05) is 57.8 Å². The van der Waals surface area contributed by atoms with E-state index in [1.54, 1.807) is 12.0 Å². The standard InChI is InChI=1S/C18H29BrN4O2/c1-4-20-18(21-11-7-13-25-3)22-12-10-17(24)23(2)14-15-8-5-6-9-16(15)19/h5-6,8-9H,4,7,10-14H2,1-3H3,(H2,20,21,22). The normalized spacial score (nSPS) is 11.3. The fourth-order valence-corrected chi connectivity index (χ4v) is 2.60. The summed E-state index contributed by atoms with van der Waals surface area (Å²) in [6, 6.07) is 7.94. The fraction of sp³-hybridized carbons (Fsp3) is 0.556. The second-order valence-corrected chi connectivity index (χ2v) is 6.48. The maximum atomic E-state index is 12.3. The monoisotopic (exact) mass is 412 g/mol. The molecule has 0 aromatic heterocycles. The molecule has 0 saturated heterocycles. The molecule has 0 aliphatic heterocycles. The van der Waals surface area contributed by atoms with Crippen LogP contribution in [0.15, 0.2) is 33.7 Å². The molecule has 0 saturated carbocycles. The Hall–Kier alpha value is -1.60. The number of hydrogen-bond acceptors (Lipinski definition) is 3. The predicted octanol–water partition coefficient (Wildman–Crippen LogP) is 2.39. The van der Waals surface area contributed by atoms with E-state index in [0.29, 0.717) is 32.7 Å². The van der Waals surface area contributed by atoms with Gasteiger partial charge in [0.2, 0.25) is 5.91 Å². The van der Waals surface area contributed by atoms with Crippen LogP contribution in [-0.4, -0.2) is 57.2 Å². The van der Waals surface area contributed by atoms with Crippen LogP contribution in [0.2, 0.25) is 0 Å². The molecule has 0 aliphatic rings. The first-order valence-corrected chi connectivity index (χ1v) is 9.36. The van der Waals surface area contributed by atoms with Crippen molar-refractivity contribution >= 4 is 27.8 Å². The molecule has 0 spiro atoms. The summed E-state index contributed by atoms with van der Waals surface area (Å²) in [5, 5.41) is 6.38. The summed E-state index contributed by atoms with van der Waals surface area (Å²) in [7, 11) is 3.51. The second kappa shape index (κ2) is 12.7. The van der Waals surface area contributed by atoms with Crippen LogP contribution < -0.4 is 10.6 Å². The Morgan fingerprint density at radius 3 is 2.76 bits per heavy atom. The lowest BCUT2D eigenvalue weighted by Gasteiger charge is -2.19. The Morgan fingerprint density at radius 1 is 1.32 bits per heavy atom. The van der Waals surface area contributed by atoms with Crippen LogP contribution in [0.5, 0.6) is 0 Å². The van der Waals surface area contributed by atoms with Crippen LogP contribution in [0.1, 0.15) is 25.3 Å². The maximum absolute atomic E-state index is 12.3. The Kier molecular flexibility index (Phi) is 10.9. The number of carbonyl (C=O) groups excluding carboxylic acids is 1. The number of rotatable bonds is 10. The van der Waals surface area contributed by atoms with Gasteiger partial charge in [-0.2, -0.15) is 0 Å². The van der Waals surface area contributed by atoms with E-state index in [0.717, 1.165) is 29.0 Å². The zero-order chi connectivity index (χ0) is 18.5. The van der Waals surface area contributed by atoms with Crippen molar-refractivity contribution in [1.82, 2.24) is 15.5 Å². The van der Waals surface area contributed by atoms with E-state index >= 15 is 0 Å². The zero-order valence-corrected chi connectivity index (χ0v) is 16.9. The fourth-order valence-electron chi connectivity index (χ4n) is 2.19.